The fraction of sp³-hybridized carbons (Fsp3) is 0.250. The Bertz CT molecular complexity index is 557. The van der Waals surface area contributed by atoms with Crippen LogP contribution in [0.25, 0.3) is 11.4 Å². The van der Waals surface area contributed by atoms with Crippen LogP contribution in [0.3, 0.4) is 0 Å². The van der Waals surface area contributed by atoms with E-state index in [1.54, 1.807) is 12.4 Å². The summed E-state index contributed by atoms with van der Waals surface area (Å²) >= 11 is 8.30. The van der Waals surface area contributed by atoms with Crippen molar-refractivity contribution in [1.82, 2.24) is 15.0 Å². The summed E-state index contributed by atoms with van der Waals surface area (Å²) in [6.45, 7) is 4.07. The molecule has 0 spiro atoms. The van der Waals surface area contributed by atoms with E-state index in [9.17, 15) is 0 Å². The minimum atomic E-state index is 0.510. The first-order chi connectivity index (χ1) is 8.13. The Balaban J connectivity index is 2.61. The molecule has 2 aromatic rings. The molecular formula is C12H11ClIN3. The highest BCUT2D eigenvalue weighted by atomic mass is 127. The molecule has 3 nitrogen and oxygen atoms in total. The normalized spacial score (nSPS) is 10.6. The summed E-state index contributed by atoms with van der Waals surface area (Å²) in [6.07, 6.45) is 4.37. The van der Waals surface area contributed by atoms with E-state index in [0.717, 1.165) is 26.8 Å². The van der Waals surface area contributed by atoms with Crippen LogP contribution in [0.5, 0.6) is 0 Å². The summed E-state index contributed by atoms with van der Waals surface area (Å²) in [5.74, 6) is 0.651. The Labute approximate surface area is 119 Å². The molecule has 2 aromatic heterocycles. The minimum absolute atomic E-state index is 0.510. The Morgan fingerprint density at radius 1 is 1.35 bits per heavy atom. The lowest BCUT2D eigenvalue weighted by Gasteiger charge is -2.08. The van der Waals surface area contributed by atoms with Crippen LogP contribution in [0, 0.1) is 10.5 Å². The van der Waals surface area contributed by atoms with E-state index in [-0.39, 0.29) is 0 Å². The number of halogens is 2. The minimum Gasteiger partial charge on any atom is -0.264 e. The smallest absolute Gasteiger partial charge is 0.162 e. The average molecular weight is 360 g/mol. The van der Waals surface area contributed by atoms with Crippen molar-refractivity contribution in [3.63, 3.8) is 0 Å². The quantitative estimate of drug-likeness (QED) is 0.607. The predicted octanol–water partition coefficient (Wildman–Crippen LogP) is 3.67. The Morgan fingerprint density at radius 2 is 2.12 bits per heavy atom. The third-order valence-electron chi connectivity index (χ3n) is 2.49. The highest BCUT2D eigenvalue weighted by Gasteiger charge is 2.12. The number of pyridine rings is 1. The number of hydrogen-bond acceptors (Lipinski definition) is 3. The molecule has 0 radical (unpaired) electrons. The molecular weight excluding hydrogens is 349 g/mol. The number of hydrogen-bond donors (Lipinski definition) is 0. The number of nitrogens with zero attached hydrogens (tertiary/aromatic N) is 3. The van der Waals surface area contributed by atoms with Gasteiger partial charge in [-0.1, -0.05) is 18.5 Å². The van der Waals surface area contributed by atoms with Crippen molar-refractivity contribution in [3.05, 3.63) is 38.4 Å². The van der Waals surface area contributed by atoms with Crippen molar-refractivity contribution < 1.29 is 0 Å². The van der Waals surface area contributed by atoms with Gasteiger partial charge in [-0.15, -0.1) is 0 Å². The monoisotopic (exact) mass is 359 g/mol. The van der Waals surface area contributed by atoms with Gasteiger partial charge in [0, 0.05) is 18.0 Å². The fourth-order valence-electron chi connectivity index (χ4n) is 1.52. The first kappa shape index (κ1) is 12.7. The second-order valence-corrected chi connectivity index (χ2v) is 5.08. The van der Waals surface area contributed by atoms with Crippen molar-refractivity contribution in [3.8, 4) is 11.4 Å². The van der Waals surface area contributed by atoms with Gasteiger partial charge in [0.15, 0.2) is 5.82 Å². The zero-order chi connectivity index (χ0) is 12.4. The van der Waals surface area contributed by atoms with E-state index in [0.29, 0.717) is 11.0 Å². The topological polar surface area (TPSA) is 38.7 Å². The lowest BCUT2D eigenvalue weighted by atomic mass is 10.1. The molecule has 0 aliphatic carbocycles. The Hall–Kier alpha value is -0.750. The summed E-state index contributed by atoms with van der Waals surface area (Å²) in [7, 11) is 0. The molecule has 2 heterocycles. The molecule has 0 bridgehead atoms. The predicted molar refractivity (Wildman–Crippen MR) is 77.1 cm³/mol. The summed E-state index contributed by atoms with van der Waals surface area (Å²) in [5, 5.41) is 0.510. The van der Waals surface area contributed by atoms with E-state index >= 15 is 0 Å². The van der Waals surface area contributed by atoms with Crippen molar-refractivity contribution >= 4 is 34.2 Å². The van der Waals surface area contributed by atoms with Crippen LogP contribution < -0.4 is 0 Å². The van der Waals surface area contributed by atoms with Crippen LogP contribution in [0.2, 0.25) is 5.15 Å². The van der Waals surface area contributed by atoms with Crippen molar-refractivity contribution in [2.24, 2.45) is 0 Å². The zero-order valence-electron chi connectivity index (χ0n) is 9.54. The SMILES string of the molecule is CCc1nc(-c2cnccc2C)nc(Cl)c1I. The van der Waals surface area contributed by atoms with Gasteiger partial charge in [0.25, 0.3) is 0 Å². The molecule has 17 heavy (non-hydrogen) atoms. The highest BCUT2D eigenvalue weighted by Crippen LogP contribution is 2.25. The van der Waals surface area contributed by atoms with Gasteiger partial charge in [-0.3, -0.25) is 4.98 Å². The summed E-state index contributed by atoms with van der Waals surface area (Å²) < 4.78 is 0.928. The van der Waals surface area contributed by atoms with Gasteiger partial charge in [-0.25, -0.2) is 9.97 Å². The molecule has 0 amide bonds. The molecule has 0 aromatic carbocycles. The number of rotatable bonds is 2. The van der Waals surface area contributed by atoms with Crippen LogP contribution in [0.1, 0.15) is 18.2 Å². The molecule has 0 atom stereocenters. The van der Waals surface area contributed by atoms with Gasteiger partial charge < -0.3 is 0 Å². The van der Waals surface area contributed by atoms with E-state index in [2.05, 4.69) is 44.5 Å². The van der Waals surface area contributed by atoms with Crippen LogP contribution in [-0.2, 0) is 6.42 Å². The average Bonchev–Trinajstić information content (AvgIpc) is 2.33. The highest BCUT2D eigenvalue weighted by molar-refractivity contribution is 14.1. The molecule has 0 aliphatic rings. The first-order valence-corrected chi connectivity index (χ1v) is 6.72. The van der Waals surface area contributed by atoms with Crippen LogP contribution in [-0.4, -0.2) is 15.0 Å². The molecule has 2 rings (SSSR count). The standard InChI is InChI=1S/C12H11ClIN3/c1-3-9-10(14)11(13)17-12(16-9)8-6-15-5-4-7(8)2/h4-6H,3H2,1-2H3. The molecule has 0 saturated heterocycles. The second-order valence-electron chi connectivity index (χ2n) is 3.64. The van der Waals surface area contributed by atoms with E-state index in [4.69, 9.17) is 11.6 Å². The molecule has 0 N–H and O–H groups in total. The number of aryl methyl sites for hydroxylation is 2. The van der Waals surface area contributed by atoms with Crippen molar-refractivity contribution in [1.29, 1.82) is 0 Å². The largest absolute Gasteiger partial charge is 0.264 e. The van der Waals surface area contributed by atoms with Gasteiger partial charge in [0.1, 0.15) is 5.15 Å². The fourth-order valence-corrected chi connectivity index (χ4v) is 2.33. The maximum atomic E-state index is 6.12. The summed E-state index contributed by atoms with van der Waals surface area (Å²) in [4.78, 5) is 13.0. The summed E-state index contributed by atoms with van der Waals surface area (Å²) in [5.41, 5.74) is 3.00. The van der Waals surface area contributed by atoms with E-state index < -0.39 is 0 Å². The van der Waals surface area contributed by atoms with E-state index in [1.807, 2.05) is 13.0 Å². The lowest BCUT2D eigenvalue weighted by molar-refractivity contribution is 0.986. The molecule has 0 fully saturated rings. The van der Waals surface area contributed by atoms with Gasteiger partial charge in [-0.2, -0.15) is 0 Å². The van der Waals surface area contributed by atoms with Crippen LogP contribution >= 0.6 is 34.2 Å². The van der Waals surface area contributed by atoms with Gasteiger partial charge >= 0.3 is 0 Å². The maximum Gasteiger partial charge on any atom is 0.162 e. The number of aromatic nitrogens is 3. The molecule has 0 saturated carbocycles. The lowest BCUT2D eigenvalue weighted by Crippen LogP contribution is -2.00. The van der Waals surface area contributed by atoms with Crippen LogP contribution in [0.15, 0.2) is 18.5 Å². The van der Waals surface area contributed by atoms with Crippen molar-refractivity contribution in [2.45, 2.75) is 20.3 Å². The van der Waals surface area contributed by atoms with Gasteiger partial charge in [0.2, 0.25) is 0 Å². The van der Waals surface area contributed by atoms with Gasteiger partial charge in [0.05, 0.1) is 9.26 Å². The molecule has 0 unspecified atom stereocenters. The summed E-state index contributed by atoms with van der Waals surface area (Å²) in [6, 6.07) is 1.94. The van der Waals surface area contributed by atoms with Crippen LogP contribution in [0.4, 0.5) is 0 Å². The third-order valence-corrected chi connectivity index (χ3v) is 4.22. The maximum absolute atomic E-state index is 6.12. The Kier molecular flexibility index (Phi) is 3.93. The molecule has 0 aliphatic heterocycles. The second kappa shape index (κ2) is 5.27. The first-order valence-electron chi connectivity index (χ1n) is 5.26. The van der Waals surface area contributed by atoms with Gasteiger partial charge in [-0.05, 0) is 47.6 Å². The zero-order valence-corrected chi connectivity index (χ0v) is 12.5. The molecule has 5 heteroatoms. The third kappa shape index (κ3) is 2.57. The van der Waals surface area contributed by atoms with Crippen molar-refractivity contribution in [2.75, 3.05) is 0 Å². The van der Waals surface area contributed by atoms with E-state index in [1.165, 1.54) is 0 Å². The molecule has 88 valence electrons. The Morgan fingerprint density at radius 3 is 2.76 bits per heavy atom.